The van der Waals surface area contributed by atoms with Gasteiger partial charge < -0.3 is 9.63 Å². The second-order valence-corrected chi connectivity index (χ2v) is 4.24. The summed E-state index contributed by atoms with van der Waals surface area (Å²) in [6.07, 6.45) is 3.95. The predicted molar refractivity (Wildman–Crippen MR) is 48.7 cm³/mol. The Morgan fingerprint density at radius 2 is 2.50 bits per heavy atom. The van der Waals surface area contributed by atoms with E-state index in [0.29, 0.717) is 6.42 Å². The molecule has 0 amide bonds. The minimum Gasteiger partial charge on any atom is -0.481 e. The van der Waals surface area contributed by atoms with Crippen LogP contribution in [0.15, 0.2) is 16.9 Å². The number of hydrogen-bond donors (Lipinski definition) is 1. The summed E-state index contributed by atoms with van der Waals surface area (Å²) in [5.74, 6) is -1.06. The van der Waals surface area contributed by atoms with Crippen molar-refractivity contribution >= 4 is 5.97 Å². The number of aliphatic carboxylic acids is 1. The minimum absolute atomic E-state index is 0.0230. The van der Waals surface area contributed by atoms with E-state index < -0.39 is 5.97 Å². The van der Waals surface area contributed by atoms with Crippen LogP contribution in [0.5, 0.6) is 0 Å². The van der Waals surface area contributed by atoms with Crippen molar-refractivity contribution in [3.63, 3.8) is 0 Å². The molecule has 1 saturated carbocycles. The topological polar surface area (TPSA) is 63.3 Å². The zero-order valence-electron chi connectivity index (χ0n) is 8.06. The third-order valence-electron chi connectivity index (χ3n) is 3.08. The van der Waals surface area contributed by atoms with Crippen molar-refractivity contribution in [3.05, 3.63) is 18.0 Å². The third-order valence-corrected chi connectivity index (χ3v) is 3.08. The molecule has 1 aromatic rings. The lowest BCUT2D eigenvalue weighted by atomic mass is 9.87. The number of carbonyl (C=O) groups is 1. The Bertz CT molecular complexity index is 327. The fraction of sp³-hybridized carbons (Fsp3) is 0.600. The molecule has 1 aromatic heterocycles. The monoisotopic (exact) mass is 195 g/mol. The van der Waals surface area contributed by atoms with Gasteiger partial charge in [0.15, 0.2) is 0 Å². The van der Waals surface area contributed by atoms with Gasteiger partial charge in [-0.3, -0.25) is 4.79 Å². The first-order valence-electron chi connectivity index (χ1n) is 4.74. The number of carboxylic acid groups (broad SMARTS) is 1. The summed E-state index contributed by atoms with van der Waals surface area (Å²) in [6.45, 7) is 2.02. The average Bonchev–Trinajstić information content (AvgIpc) is 2.68. The highest BCUT2D eigenvalue weighted by Gasteiger charge is 2.48. The van der Waals surface area contributed by atoms with Crippen molar-refractivity contribution < 1.29 is 14.4 Å². The van der Waals surface area contributed by atoms with Gasteiger partial charge in [0.05, 0.1) is 11.6 Å². The molecule has 76 valence electrons. The number of hydrogen-bond acceptors (Lipinski definition) is 3. The van der Waals surface area contributed by atoms with Crippen molar-refractivity contribution in [2.45, 2.75) is 26.2 Å². The highest BCUT2D eigenvalue weighted by molar-refractivity contribution is 5.72. The SMILES string of the molecule is CC1(C(Cc2ccon2)C(=O)O)CC1. The molecule has 1 atom stereocenters. The molecule has 2 rings (SSSR count). The highest BCUT2D eigenvalue weighted by Crippen LogP contribution is 2.52. The molecule has 1 N–H and O–H groups in total. The van der Waals surface area contributed by atoms with Crippen molar-refractivity contribution in [2.24, 2.45) is 11.3 Å². The van der Waals surface area contributed by atoms with Crippen LogP contribution in [0, 0.1) is 11.3 Å². The van der Waals surface area contributed by atoms with Crippen LogP contribution in [0.2, 0.25) is 0 Å². The molecular formula is C10H13NO3. The van der Waals surface area contributed by atoms with Gasteiger partial charge in [-0.2, -0.15) is 0 Å². The Hall–Kier alpha value is -1.32. The molecule has 1 unspecified atom stereocenters. The maximum absolute atomic E-state index is 11.1. The van der Waals surface area contributed by atoms with E-state index in [1.165, 1.54) is 6.26 Å². The molecule has 1 aliphatic carbocycles. The van der Waals surface area contributed by atoms with Gasteiger partial charge in [-0.15, -0.1) is 0 Å². The Morgan fingerprint density at radius 3 is 2.93 bits per heavy atom. The maximum atomic E-state index is 11.1. The third kappa shape index (κ3) is 1.64. The van der Waals surface area contributed by atoms with E-state index in [0.717, 1.165) is 18.5 Å². The molecule has 14 heavy (non-hydrogen) atoms. The molecule has 1 heterocycles. The van der Waals surface area contributed by atoms with Gasteiger partial charge in [0.25, 0.3) is 0 Å². The molecule has 1 aliphatic rings. The molecule has 4 nitrogen and oxygen atoms in total. The van der Waals surface area contributed by atoms with Gasteiger partial charge in [0.2, 0.25) is 0 Å². The molecule has 0 aromatic carbocycles. The van der Waals surface area contributed by atoms with E-state index in [1.54, 1.807) is 6.07 Å². The van der Waals surface area contributed by atoms with Crippen molar-refractivity contribution in [2.75, 3.05) is 0 Å². The van der Waals surface area contributed by atoms with Crippen LogP contribution in [0.1, 0.15) is 25.5 Å². The van der Waals surface area contributed by atoms with Crippen LogP contribution in [0.25, 0.3) is 0 Å². The van der Waals surface area contributed by atoms with Gasteiger partial charge in [0, 0.05) is 12.5 Å². The summed E-state index contributed by atoms with van der Waals surface area (Å²) in [5.41, 5.74) is 0.704. The molecular weight excluding hydrogens is 182 g/mol. The number of carboxylic acids is 1. The van der Waals surface area contributed by atoms with E-state index in [4.69, 9.17) is 5.11 Å². The molecule has 0 saturated heterocycles. The lowest BCUT2D eigenvalue weighted by molar-refractivity contribution is -0.144. The number of nitrogens with zero attached hydrogens (tertiary/aromatic N) is 1. The molecule has 0 spiro atoms. The Kier molecular flexibility index (Phi) is 2.06. The zero-order chi connectivity index (χ0) is 10.2. The number of rotatable bonds is 4. The van der Waals surface area contributed by atoms with Crippen LogP contribution < -0.4 is 0 Å². The normalized spacial score (nSPS) is 20.4. The Labute approximate surface area is 81.9 Å². The zero-order valence-corrected chi connectivity index (χ0v) is 8.06. The summed E-state index contributed by atoms with van der Waals surface area (Å²) in [4.78, 5) is 11.1. The van der Waals surface area contributed by atoms with Crippen LogP contribution in [0.4, 0.5) is 0 Å². The number of aromatic nitrogens is 1. The van der Waals surface area contributed by atoms with E-state index in [-0.39, 0.29) is 11.3 Å². The van der Waals surface area contributed by atoms with Gasteiger partial charge in [0.1, 0.15) is 6.26 Å². The predicted octanol–water partition coefficient (Wildman–Crippen LogP) is 1.72. The summed E-state index contributed by atoms with van der Waals surface area (Å²) in [5, 5.41) is 12.8. The van der Waals surface area contributed by atoms with E-state index in [1.807, 2.05) is 6.92 Å². The second kappa shape index (κ2) is 3.12. The van der Waals surface area contributed by atoms with Gasteiger partial charge >= 0.3 is 5.97 Å². The minimum atomic E-state index is -0.729. The van der Waals surface area contributed by atoms with Gasteiger partial charge in [-0.05, 0) is 18.3 Å². The standard InChI is InChI=1S/C10H13NO3/c1-10(3-4-10)8(9(12)13)6-7-2-5-14-11-7/h2,5,8H,3-4,6H2,1H3,(H,12,13). The van der Waals surface area contributed by atoms with E-state index >= 15 is 0 Å². The fourth-order valence-electron chi connectivity index (χ4n) is 1.73. The lowest BCUT2D eigenvalue weighted by Gasteiger charge is -2.17. The van der Waals surface area contributed by atoms with E-state index in [2.05, 4.69) is 9.68 Å². The van der Waals surface area contributed by atoms with Crippen LogP contribution in [-0.2, 0) is 11.2 Å². The fourth-order valence-corrected chi connectivity index (χ4v) is 1.73. The Morgan fingerprint density at radius 1 is 1.79 bits per heavy atom. The van der Waals surface area contributed by atoms with Crippen molar-refractivity contribution in [3.8, 4) is 0 Å². The van der Waals surface area contributed by atoms with E-state index in [9.17, 15) is 4.79 Å². The molecule has 0 aliphatic heterocycles. The van der Waals surface area contributed by atoms with Crippen LogP contribution in [0.3, 0.4) is 0 Å². The maximum Gasteiger partial charge on any atom is 0.307 e. The highest BCUT2D eigenvalue weighted by atomic mass is 16.5. The first-order chi connectivity index (χ1) is 6.62. The van der Waals surface area contributed by atoms with Crippen molar-refractivity contribution in [1.29, 1.82) is 0 Å². The second-order valence-electron chi connectivity index (χ2n) is 4.24. The largest absolute Gasteiger partial charge is 0.481 e. The van der Waals surface area contributed by atoms with Gasteiger partial charge in [-0.1, -0.05) is 12.1 Å². The molecule has 0 bridgehead atoms. The summed E-state index contributed by atoms with van der Waals surface area (Å²) in [6, 6.07) is 1.72. The smallest absolute Gasteiger partial charge is 0.307 e. The lowest BCUT2D eigenvalue weighted by Crippen LogP contribution is -2.25. The molecule has 4 heteroatoms. The van der Waals surface area contributed by atoms with Crippen molar-refractivity contribution in [1.82, 2.24) is 5.16 Å². The first kappa shape index (κ1) is 9.24. The molecule has 0 radical (unpaired) electrons. The van der Waals surface area contributed by atoms with Crippen LogP contribution in [-0.4, -0.2) is 16.2 Å². The summed E-state index contributed by atoms with van der Waals surface area (Å²) in [7, 11) is 0. The van der Waals surface area contributed by atoms with Crippen LogP contribution >= 0.6 is 0 Å². The Balaban J connectivity index is 2.09. The first-order valence-corrected chi connectivity index (χ1v) is 4.74. The van der Waals surface area contributed by atoms with Gasteiger partial charge in [-0.25, -0.2) is 0 Å². The summed E-state index contributed by atoms with van der Waals surface area (Å²) >= 11 is 0. The summed E-state index contributed by atoms with van der Waals surface area (Å²) < 4.78 is 4.69. The quantitative estimate of drug-likeness (QED) is 0.794. The molecule has 1 fully saturated rings. The average molecular weight is 195 g/mol.